The Morgan fingerprint density at radius 2 is 1.00 bits per heavy atom. The lowest BCUT2D eigenvalue weighted by Crippen LogP contribution is -2.23. The predicted octanol–water partition coefficient (Wildman–Crippen LogP) is 0.300. The third-order valence-corrected chi connectivity index (χ3v) is 3.28. The van der Waals surface area contributed by atoms with Crippen molar-refractivity contribution < 1.29 is 27.0 Å². The number of nitrogens with two attached hydrogens (primary N) is 4. The summed E-state index contributed by atoms with van der Waals surface area (Å²) in [6.45, 7) is 3.28. The Hall–Kier alpha value is -3.23. The molecule has 12 nitrogen and oxygen atoms in total. The van der Waals surface area contributed by atoms with Crippen LogP contribution in [0.25, 0.3) is 0 Å². The Morgan fingerprint density at radius 3 is 1.27 bits per heavy atom. The Bertz CT molecular complexity index is 834. The number of guanidine groups is 2. The van der Waals surface area contributed by atoms with Gasteiger partial charge in [0.15, 0.2) is 11.9 Å². The number of hydrogen-bond acceptors (Lipinski definition) is 6. The first kappa shape index (κ1) is 29.8. The maximum absolute atomic E-state index is 8.74. The second-order valence-corrected chi connectivity index (χ2v) is 7.03. The smallest absolute Gasteiger partial charge is 0.375 e. The van der Waals surface area contributed by atoms with Gasteiger partial charge in [0.05, 0.1) is 39.5 Å². The Labute approximate surface area is 193 Å². The van der Waals surface area contributed by atoms with Gasteiger partial charge in [0.25, 0.3) is 0 Å². The Morgan fingerprint density at radius 1 is 0.697 bits per heavy atom. The molecular weight excluding hydrogens is 452 g/mol. The third kappa shape index (κ3) is 24.9. The molecule has 2 aromatic rings. The van der Waals surface area contributed by atoms with E-state index in [-0.39, 0.29) is 11.9 Å². The zero-order valence-corrected chi connectivity index (χ0v) is 19.0. The fraction of sp³-hybridized carbons (Fsp3) is 0.300. The van der Waals surface area contributed by atoms with E-state index in [1.807, 2.05) is 60.7 Å². The highest BCUT2D eigenvalue weighted by molar-refractivity contribution is 7.79. The van der Waals surface area contributed by atoms with E-state index in [0.29, 0.717) is 39.5 Å². The molecule has 0 saturated carbocycles. The van der Waals surface area contributed by atoms with Gasteiger partial charge in [0, 0.05) is 0 Å². The van der Waals surface area contributed by atoms with Crippen LogP contribution in [0.4, 0.5) is 0 Å². The number of nitrogens with zero attached hydrogens (tertiary/aromatic N) is 2. The molecule has 0 atom stereocenters. The molecule has 0 bridgehead atoms. The van der Waals surface area contributed by atoms with E-state index in [1.54, 1.807) is 0 Å². The van der Waals surface area contributed by atoms with Crippen LogP contribution in [0.5, 0.6) is 0 Å². The van der Waals surface area contributed by atoms with Crippen molar-refractivity contribution in [2.75, 3.05) is 26.3 Å². The molecule has 0 aromatic heterocycles. The summed E-state index contributed by atoms with van der Waals surface area (Å²) in [5.74, 6) is 0.210. The Kier molecular flexibility index (Phi) is 16.6. The number of ether oxygens (including phenoxy) is 2. The minimum atomic E-state index is -4.67. The molecule has 13 heteroatoms. The fourth-order valence-electron chi connectivity index (χ4n) is 2.01. The lowest BCUT2D eigenvalue weighted by molar-refractivity contribution is 0.128. The summed E-state index contributed by atoms with van der Waals surface area (Å²) in [7, 11) is -4.67. The standard InChI is InChI=1S/2C10H15N3O.H2O4S/c2*11-10(12)13-6-7-14-8-9-4-2-1-3-5-9;1-5(2,3)4/h2*1-5H,6-8H2,(H4,11,12,13);(H2,1,2,3,4). The second kappa shape index (κ2) is 18.4. The fourth-order valence-corrected chi connectivity index (χ4v) is 2.01. The number of aliphatic imine (C=N–C) groups is 2. The highest BCUT2D eigenvalue weighted by atomic mass is 32.3. The van der Waals surface area contributed by atoms with Gasteiger partial charge in [-0.25, -0.2) is 0 Å². The molecule has 0 heterocycles. The molecule has 0 aliphatic rings. The van der Waals surface area contributed by atoms with Gasteiger partial charge in [0.2, 0.25) is 0 Å². The van der Waals surface area contributed by atoms with E-state index in [4.69, 9.17) is 49.9 Å². The first-order valence-electron chi connectivity index (χ1n) is 9.62. The van der Waals surface area contributed by atoms with Crippen molar-refractivity contribution >= 4 is 22.3 Å². The summed E-state index contributed by atoms with van der Waals surface area (Å²) in [5.41, 5.74) is 22.9. The highest BCUT2D eigenvalue weighted by Crippen LogP contribution is 2.00. The van der Waals surface area contributed by atoms with Gasteiger partial charge in [-0.05, 0) is 11.1 Å². The van der Waals surface area contributed by atoms with Crippen molar-refractivity contribution in [3.05, 3.63) is 71.8 Å². The van der Waals surface area contributed by atoms with Gasteiger partial charge in [0.1, 0.15) is 0 Å². The molecule has 33 heavy (non-hydrogen) atoms. The van der Waals surface area contributed by atoms with Crippen LogP contribution < -0.4 is 22.9 Å². The van der Waals surface area contributed by atoms with Crippen molar-refractivity contribution in [1.29, 1.82) is 0 Å². The number of hydrogen-bond donors (Lipinski definition) is 6. The van der Waals surface area contributed by atoms with Crippen molar-refractivity contribution in [1.82, 2.24) is 0 Å². The van der Waals surface area contributed by atoms with Crippen LogP contribution in [0, 0.1) is 0 Å². The van der Waals surface area contributed by atoms with Gasteiger partial charge >= 0.3 is 10.4 Å². The highest BCUT2D eigenvalue weighted by Gasteiger charge is 1.91. The van der Waals surface area contributed by atoms with E-state index >= 15 is 0 Å². The van der Waals surface area contributed by atoms with Crippen molar-refractivity contribution in [3.8, 4) is 0 Å². The van der Waals surface area contributed by atoms with E-state index in [2.05, 4.69) is 9.98 Å². The molecule has 0 radical (unpaired) electrons. The normalized spacial score (nSPS) is 10.0. The molecule has 0 aliphatic carbocycles. The minimum absolute atomic E-state index is 0.105. The van der Waals surface area contributed by atoms with Gasteiger partial charge in [-0.3, -0.25) is 19.1 Å². The van der Waals surface area contributed by atoms with Gasteiger partial charge in [-0.1, -0.05) is 60.7 Å². The van der Waals surface area contributed by atoms with Crippen LogP contribution in [-0.2, 0) is 33.1 Å². The van der Waals surface area contributed by atoms with Gasteiger partial charge in [-0.15, -0.1) is 0 Å². The first-order chi connectivity index (χ1) is 15.6. The van der Waals surface area contributed by atoms with Crippen LogP contribution in [0.15, 0.2) is 70.6 Å². The van der Waals surface area contributed by atoms with Gasteiger partial charge in [-0.2, -0.15) is 8.42 Å². The summed E-state index contributed by atoms with van der Waals surface area (Å²) in [6.07, 6.45) is 0. The van der Waals surface area contributed by atoms with E-state index in [9.17, 15) is 0 Å². The summed E-state index contributed by atoms with van der Waals surface area (Å²) in [5, 5.41) is 0. The molecule has 0 aliphatic heterocycles. The molecule has 2 rings (SSSR count). The van der Waals surface area contributed by atoms with Crippen molar-refractivity contribution in [2.24, 2.45) is 32.9 Å². The average Bonchev–Trinajstić information content (AvgIpc) is 2.74. The van der Waals surface area contributed by atoms with Crippen LogP contribution in [0.1, 0.15) is 11.1 Å². The molecule has 0 amide bonds. The summed E-state index contributed by atoms with van der Waals surface area (Å²) >= 11 is 0. The lowest BCUT2D eigenvalue weighted by Gasteiger charge is -2.01. The molecule has 2 aromatic carbocycles. The molecule has 0 unspecified atom stereocenters. The monoisotopic (exact) mass is 484 g/mol. The quantitative estimate of drug-likeness (QED) is 0.117. The molecule has 184 valence electrons. The maximum atomic E-state index is 8.74. The zero-order valence-electron chi connectivity index (χ0n) is 18.2. The molecule has 0 fully saturated rings. The van der Waals surface area contributed by atoms with E-state index in [0.717, 1.165) is 11.1 Å². The summed E-state index contributed by atoms with van der Waals surface area (Å²) in [6, 6.07) is 19.9. The second-order valence-electron chi connectivity index (χ2n) is 6.14. The van der Waals surface area contributed by atoms with Crippen molar-refractivity contribution in [2.45, 2.75) is 13.2 Å². The molecule has 10 N–H and O–H groups in total. The largest absolute Gasteiger partial charge is 0.394 e. The van der Waals surface area contributed by atoms with Gasteiger partial charge < -0.3 is 32.4 Å². The lowest BCUT2D eigenvalue weighted by atomic mass is 10.2. The third-order valence-electron chi connectivity index (χ3n) is 3.28. The predicted molar refractivity (Wildman–Crippen MR) is 128 cm³/mol. The molecule has 0 saturated heterocycles. The topological polar surface area (TPSA) is 222 Å². The molecular formula is C20H32N6O6S. The van der Waals surface area contributed by atoms with Crippen molar-refractivity contribution in [3.63, 3.8) is 0 Å². The number of benzene rings is 2. The van der Waals surface area contributed by atoms with E-state index < -0.39 is 10.4 Å². The number of rotatable bonds is 10. The van der Waals surface area contributed by atoms with Crippen LogP contribution in [-0.4, -0.2) is 55.7 Å². The maximum Gasteiger partial charge on any atom is 0.394 e. The summed E-state index contributed by atoms with van der Waals surface area (Å²) < 4.78 is 42.3. The van der Waals surface area contributed by atoms with Crippen LogP contribution in [0.3, 0.4) is 0 Å². The summed E-state index contributed by atoms with van der Waals surface area (Å²) in [4.78, 5) is 7.61. The first-order valence-corrected chi connectivity index (χ1v) is 11.0. The zero-order chi connectivity index (χ0) is 25.0. The molecule has 0 spiro atoms. The Balaban J connectivity index is 0.000000517. The average molecular weight is 485 g/mol. The minimum Gasteiger partial charge on any atom is -0.375 e. The van der Waals surface area contributed by atoms with Crippen LogP contribution >= 0.6 is 0 Å². The SMILES string of the molecule is NC(N)=NCCOCc1ccccc1.NC(N)=NCCOCc1ccccc1.O=S(=O)(O)O. The van der Waals surface area contributed by atoms with Crippen LogP contribution in [0.2, 0.25) is 0 Å². The van der Waals surface area contributed by atoms with E-state index in [1.165, 1.54) is 0 Å².